The number of carbonyl (C=O) groups is 1. The summed E-state index contributed by atoms with van der Waals surface area (Å²) < 4.78 is 0. The van der Waals surface area contributed by atoms with E-state index in [1.807, 2.05) is 0 Å². The Morgan fingerprint density at radius 3 is 2.58 bits per heavy atom. The zero-order valence-electron chi connectivity index (χ0n) is 12.2. The van der Waals surface area contributed by atoms with E-state index in [1.54, 1.807) is 0 Å². The fourth-order valence-corrected chi connectivity index (χ4v) is 4.74. The second-order valence-corrected chi connectivity index (χ2v) is 7.14. The van der Waals surface area contributed by atoms with Crippen LogP contribution in [0, 0.1) is 17.3 Å². The number of nitrogens with zero attached hydrogens (tertiary/aromatic N) is 1. The van der Waals surface area contributed by atoms with Crippen molar-refractivity contribution < 1.29 is 4.79 Å². The van der Waals surface area contributed by atoms with Gasteiger partial charge in [-0.3, -0.25) is 4.79 Å². The second kappa shape index (κ2) is 5.08. The number of carbonyl (C=O) groups excluding carboxylic acids is 1. The molecule has 19 heavy (non-hydrogen) atoms. The van der Waals surface area contributed by atoms with E-state index in [-0.39, 0.29) is 5.41 Å². The topological polar surface area (TPSA) is 46.3 Å². The number of likely N-dealkylation sites (tertiary alicyclic amines) is 1. The number of fused-ring (bicyclic) bond motifs is 1. The highest BCUT2D eigenvalue weighted by atomic mass is 16.2. The summed E-state index contributed by atoms with van der Waals surface area (Å²) in [5.74, 6) is 1.89. The molecule has 1 aliphatic heterocycles. The molecule has 0 spiro atoms. The van der Waals surface area contributed by atoms with Gasteiger partial charge in [-0.15, -0.1) is 0 Å². The van der Waals surface area contributed by atoms with Crippen LogP contribution >= 0.6 is 0 Å². The summed E-state index contributed by atoms with van der Waals surface area (Å²) in [5.41, 5.74) is 6.08. The molecule has 0 aromatic heterocycles. The van der Waals surface area contributed by atoms with Crippen molar-refractivity contribution in [2.45, 2.75) is 64.3 Å². The van der Waals surface area contributed by atoms with Crippen LogP contribution in [-0.4, -0.2) is 29.9 Å². The van der Waals surface area contributed by atoms with Crippen LogP contribution in [0.5, 0.6) is 0 Å². The molecule has 108 valence electrons. The Labute approximate surface area is 116 Å². The minimum absolute atomic E-state index is 0.00435. The Balaban J connectivity index is 1.68. The van der Waals surface area contributed by atoms with Crippen molar-refractivity contribution >= 4 is 5.91 Å². The molecule has 3 fully saturated rings. The number of nitrogens with two attached hydrogens (primary N) is 1. The molecule has 0 bridgehead atoms. The summed E-state index contributed by atoms with van der Waals surface area (Å²) >= 11 is 0. The van der Waals surface area contributed by atoms with Crippen LogP contribution in [-0.2, 0) is 4.79 Å². The fourth-order valence-electron chi connectivity index (χ4n) is 4.74. The predicted molar refractivity (Wildman–Crippen MR) is 76.6 cm³/mol. The molecule has 1 amide bonds. The van der Waals surface area contributed by atoms with E-state index in [0.717, 1.165) is 51.1 Å². The third kappa shape index (κ3) is 2.31. The SMILES string of the molecule is CCC1(C(=O)N2C[C@H]3CCC(N)C[C@H]3C2)CCCC1. The van der Waals surface area contributed by atoms with Crippen LogP contribution in [0.1, 0.15) is 58.3 Å². The van der Waals surface area contributed by atoms with Crippen LogP contribution in [0.15, 0.2) is 0 Å². The quantitative estimate of drug-likeness (QED) is 0.833. The van der Waals surface area contributed by atoms with Crippen molar-refractivity contribution in [1.82, 2.24) is 4.90 Å². The lowest BCUT2D eigenvalue weighted by Crippen LogP contribution is -2.41. The lowest BCUT2D eigenvalue weighted by molar-refractivity contribution is -0.141. The molecule has 2 aliphatic carbocycles. The molecule has 1 unspecified atom stereocenters. The summed E-state index contributed by atoms with van der Waals surface area (Å²) in [5, 5.41) is 0. The summed E-state index contributed by atoms with van der Waals surface area (Å²) in [6.45, 7) is 4.19. The molecule has 1 saturated heterocycles. The predicted octanol–water partition coefficient (Wildman–Crippen LogP) is 2.54. The maximum Gasteiger partial charge on any atom is 0.228 e. The van der Waals surface area contributed by atoms with Gasteiger partial charge in [-0.2, -0.15) is 0 Å². The van der Waals surface area contributed by atoms with Crippen molar-refractivity contribution in [2.75, 3.05) is 13.1 Å². The Hall–Kier alpha value is -0.570. The van der Waals surface area contributed by atoms with Gasteiger partial charge in [0.2, 0.25) is 5.91 Å². The normalized spacial score (nSPS) is 37.4. The molecule has 3 nitrogen and oxygen atoms in total. The molecule has 2 N–H and O–H groups in total. The highest BCUT2D eigenvalue weighted by Crippen LogP contribution is 2.45. The van der Waals surface area contributed by atoms with Gasteiger partial charge in [0.15, 0.2) is 0 Å². The van der Waals surface area contributed by atoms with Gasteiger partial charge in [0, 0.05) is 24.5 Å². The van der Waals surface area contributed by atoms with Gasteiger partial charge in [0.25, 0.3) is 0 Å². The maximum absolute atomic E-state index is 12.9. The molecular formula is C16H28N2O. The lowest BCUT2D eigenvalue weighted by Gasteiger charge is -2.31. The van der Waals surface area contributed by atoms with Crippen molar-refractivity contribution in [1.29, 1.82) is 0 Å². The standard InChI is InChI=1S/C16H28N2O/c1-2-16(7-3-4-8-16)15(19)18-10-12-5-6-14(17)9-13(12)11-18/h12-14H,2-11,17H2,1H3/t12-,13+,14?/m1/s1. The average Bonchev–Trinajstić information content (AvgIpc) is 3.04. The van der Waals surface area contributed by atoms with E-state index in [9.17, 15) is 4.79 Å². The average molecular weight is 264 g/mol. The Bertz CT molecular complexity index is 349. The zero-order chi connectivity index (χ0) is 13.5. The molecule has 3 heteroatoms. The first-order chi connectivity index (χ1) is 9.14. The smallest absolute Gasteiger partial charge is 0.228 e. The van der Waals surface area contributed by atoms with E-state index < -0.39 is 0 Å². The van der Waals surface area contributed by atoms with E-state index in [1.165, 1.54) is 19.3 Å². The molecular weight excluding hydrogens is 236 g/mol. The number of hydrogen-bond acceptors (Lipinski definition) is 2. The summed E-state index contributed by atoms with van der Waals surface area (Å²) in [6, 6.07) is 0.378. The molecule has 3 rings (SSSR count). The summed E-state index contributed by atoms with van der Waals surface area (Å²) in [7, 11) is 0. The van der Waals surface area contributed by atoms with Crippen LogP contribution < -0.4 is 5.73 Å². The van der Waals surface area contributed by atoms with Gasteiger partial charge in [-0.05, 0) is 50.4 Å². The zero-order valence-corrected chi connectivity index (χ0v) is 12.2. The first-order valence-corrected chi connectivity index (χ1v) is 8.19. The monoisotopic (exact) mass is 264 g/mol. The molecule has 2 saturated carbocycles. The first-order valence-electron chi connectivity index (χ1n) is 8.19. The summed E-state index contributed by atoms with van der Waals surface area (Å²) in [6.07, 6.45) is 9.26. The van der Waals surface area contributed by atoms with Gasteiger partial charge >= 0.3 is 0 Å². The molecule has 1 heterocycles. The van der Waals surface area contributed by atoms with Crippen LogP contribution in [0.4, 0.5) is 0 Å². The van der Waals surface area contributed by atoms with Crippen LogP contribution in [0.3, 0.4) is 0 Å². The van der Waals surface area contributed by atoms with Crippen molar-refractivity contribution in [3.63, 3.8) is 0 Å². The van der Waals surface area contributed by atoms with E-state index >= 15 is 0 Å². The van der Waals surface area contributed by atoms with Gasteiger partial charge < -0.3 is 10.6 Å². The highest BCUT2D eigenvalue weighted by molar-refractivity contribution is 5.83. The Morgan fingerprint density at radius 1 is 1.21 bits per heavy atom. The number of hydrogen-bond donors (Lipinski definition) is 1. The van der Waals surface area contributed by atoms with E-state index in [4.69, 9.17) is 5.73 Å². The van der Waals surface area contributed by atoms with E-state index in [0.29, 0.717) is 17.9 Å². The molecule has 0 aromatic rings. The fraction of sp³-hybridized carbons (Fsp3) is 0.938. The largest absolute Gasteiger partial charge is 0.342 e. The second-order valence-electron chi connectivity index (χ2n) is 7.14. The van der Waals surface area contributed by atoms with Crippen molar-refractivity contribution in [3.8, 4) is 0 Å². The van der Waals surface area contributed by atoms with Gasteiger partial charge in [-0.1, -0.05) is 19.8 Å². The lowest BCUT2D eigenvalue weighted by atomic mass is 9.79. The van der Waals surface area contributed by atoms with Gasteiger partial charge in [0.1, 0.15) is 0 Å². The molecule has 3 atom stereocenters. The third-order valence-corrected chi connectivity index (χ3v) is 6.07. The number of amides is 1. The Kier molecular flexibility index (Phi) is 3.59. The Morgan fingerprint density at radius 2 is 1.89 bits per heavy atom. The van der Waals surface area contributed by atoms with Crippen molar-refractivity contribution in [3.05, 3.63) is 0 Å². The minimum Gasteiger partial charge on any atom is -0.342 e. The third-order valence-electron chi connectivity index (χ3n) is 6.07. The molecule has 0 radical (unpaired) electrons. The van der Waals surface area contributed by atoms with Crippen LogP contribution in [0.2, 0.25) is 0 Å². The minimum atomic E-state index is -0.00435. The molecule has 3 aliphatic rings. The maximum atomic E-state index is 12.9. The van der Waals surface area contributed by atoms with Gasteiger partial charge in [0.05, 0.1) is 0 Å². The van der Waals surface area contributed by atoms with Gasteiger partial charge in [-0.25, -0.2) is 0 Å². The number of rotatable bonds is 2. The van der Waals surface area contributed by atoms with Crippen LogP contribution in [0.25, 0.3) is 0 Å². The highest BCUT2D eigenvalue weighted by Gasteiger charge is 2.46. The van der Waals surface area contributed by atoms with Crippen molar-refractivity contribution in [2.24, 2.45) is 23.0 Å². The van der Waals surface area contributed by atoms with E-state index in [2.05, 4.69) is 11.8 Å². The summed E-state index contributed by atoms with van der Waals surface area (Å²) in [4.78, 5) is 15.1. The molecule has 0 aromatic carbocycles. The first kappa shape index (κ1) is 13.4.